The second-order valence-corrected chi connectivity index (χ2v) is 6.36. The van der Waals surface area contributed by atoms with E-state index in [1.54, 1.807) is 13.2 Å². The Kier molecular flexibility index (Phi) is 5.97. The number of hydrogen-bond donors (Lipinski definition) is 0. The second-order valence-electron chi connectivity index (χ2n) is 6.36. The van der Waals surface area contributed by atoms with Gasteiger partial charge in [0.05, 0.1) is 19.8 Å². The van der Waals surface area contributed by atoms with Crippen molar-refractivity contribution in [2.24, 2.45) is 5.41 Å². The quantitative estimate of drug-likeness (QED) is 0.711. The summed E-state index contributed by atoms with van der Waals surface area (Å²) in [7, 11) is 1.63. The van der Waals surface area contributed by atoms with E-state index < -0.39 is 11.7 Å². The Morgan fingerprint density at radius 1 is 1.39 bits per heavy atom. The average molecular weight is 318 g/mol. The third-order valence-electron chi connectivity index (χ3n) is 4.42. The lowest BCUT2D eigenvalue weighted by molar-refractivity contribution is -0.238. The number of ether oxygens (including phenoxy) is 3. The molecule has 2 rings (SSSR count). The first-order chi connectivity index (χ1) is 11.0. The van der Waals surface area contributed by atoms with Gasteiger partial charge in [-0.25, -0.2) is 0 Å². The molecule has 1 fully saturated rings. The van der Waals surface area contributed by atoms with Crippen LogP contribution in [0.1, 0.15) is 45.0 Å². The monoisotopic (exact) mass is 318 g/mol. The number of carbonyl (C=O) groups excluding carboxylic acids is 1. The van der Waals surface area contributed by atoms with E-state index >= 15 is 0 Å². The van der Waals surface area contributed by atoms with E-state index in [2.05, 4.69) is 6.58 Å². The molecule has 1 aromatic rings. The Balaban J connectivity index is 2.06. The maximum atomic E-state index is 12.5. The summed E-state index contributed by atoms with van der Waals surface area (Å²) in [5.74, 6) is 0.999. The molecule has 4 nitrogen and oxygen atoms in total. The fourth-order valence-electron chi connectivity index (χ4n) is 2.74. The van der Waals surface area contributed by atoms with Gasteiger partial charge in [-0.2, -0.15) is 0 Å². The first-order valence-corrected chi connectivity index (χ1v) is 8.04. The normalized spacial score (nSPS) is 21.7. The van der Waals surface area contributed by atoms with Crippen molar-refractivity contribution in [1.29, 1.82) is 0 Å². The zero-order valence-electron chi connectivity index (χ0n) is 14.2. The molecular weight excluding hydrogens is 292 g/mol. The highest BCUT2D eigenvalue weighted by Gasteiger charge is 2.40. The first-order valence-electron chi connectivity index (χ1n) is 8.04. The minimum absolute atomic E-state index is 0.152. The standard InChI is InChI=1S/C19H26O4/c1-5-6-7-16(20)19(2,3)17-12-13-22-18(23-17)14-8-10-15(21-4)11-9-14/h5,8-11,17-18H,1,6-7,12-13H2,2-4H3/t17-,18-/m0/s1. The fraction of sp³-hybridized carbons (Fsp3) is 0.526. The van der Waals surface area contributed by atoms with E-state index in [0.29, 0.717) is 19.4 Å². The van der Waals surface area contributed by atoms with Crippen molar-refractivity contribution < 1.29 is 19.0 Å². The van der Waals surface area contributed by atoms with Crippen LogP contribution in [0.2, 0.25) is 0 Å². The average Bonchev–Trinajstić information content (AvgIpc) is 2.59. The third-order valence-corrected chi connectivity index (χ3v) is 4.42. The van der Waals surface area contributed by atoms with Gasteiger partial charge in [0.25, 0.3) is 0 Å². The van der Waals surface area contributed by atoms with Crippen LogP contribution in [0.25, 0.3) is 0 Å². The van der Waals surface area contributed by atoms with Crippen molar-refractivity contribution in [3.8, 4) is 5.75 Å². The molecule has 2 atom stereocenters. The molecule has 126 valence electrons. The van der Waals surface area contributed by atoms with Crippen LogP contribution in [0, 0.1) is 5.41 Å². The van der Waals surface area contributed by atoms with E-state index in [1.807, 2.05) is 38.1 Å². The molecule has 0 aromatic heterocycles. The maximum absolute atomic E-state index is 12.5. The van der Waals surface area contributed by atoms with Crippen molar-refractivity contribution in [3.05, 3.63) is 42.5 Å². The Bertz CT molecular complexity index is 533. The highest BCUT2D eigenvalue weighted by molar-refractivity contribution is 5.84. The molecular formula is C19H26O4. The molecule has 0 unspecified atom stereocenters. The summed E-state index contributed by atoms with van der Waals surface area (Å²) in [6, 6.07) is 7.62. The predicted octanol–water partition coefficient (Wildman–Crippen LogP) is 4.06. The van der Waals surface area contributed by atoms with Crippen LogP contribution in [0.15, 0.2) is 36.9 Å². The molecule has 1 aromatic carbocycles. The number of rotatable bonds is 7. The first kappa shape index (κ1) is 17.7. The minimum atomic E-state index is -0.530. The van der Waals surface area contributed by atoms with Gasteiger partial charge in [0.15, 0.2) is 6.29 Å². The van der Waals surface area contributed by atoms with E-state index in [4.69, 9.17) is 14.2 Å². The van der Waals surface area contributed by atoms with Gasteiger partial charge in [-0.15, -0.1) is 6.58 Å². The summed E-state index contributed by atoms with van der Waals surface area (Å²) >= 11 is 0. The Labute approximate surface area is 138 Å². The molecule has 0 saturated carbocycles. The largest absolute Gasteiger partial charge is 0.497 e. The summed E-state index contributed by atoms with van der Waals surface area (Å²) in [4.78, 5) is 12.5. The van der Waals surface area contributed by atoms with Crippen molar-refractivity contribution in [2.75, 3.05) is 13.7 Å². The van der Waals surface area contributed by atoms with Gasteiger partial charge in [-0.3, -0.25) is 4.79 Å². The molecule has 23 heavy (non-hydrogen) atoms. The number of methoxy groups -OCH3 is 1. The molecule has 1 saturated heterocycles. The van der Waals surface area contributed by atoms with Gasteiger partial charge in [0.1, 0.15) is 11.5 Å². The summed E-state index contributed by atoms with van der Waals surface area (Å²) < 4.78 is 17.0. The highest BCUT2D eigenvalue weighted by atomic mass is 16.7. The number of benzene rings is 1. The molecule has 1 aliphatic heterocycles. The van der Waals surface area contributed by atoms with Gasteiger partial charge >= 0.3 is 0 Å². The maximum Gasteiger partial charge on any atom is 0.184 e. The van der Waals surface area contributed by atoms with Gasteiger partial charge in [0, 0.05) is 17.4 Å². The summed E-state index contributed by atoms with van der Waals surface area (Å²) in [5, 5.41) is 0. The Hall–Kier alpha value is -1.65. The van der Waals surface area contributed by atoms with Crippen molar-refractivity contribution >= 4 is 5.78 Å². The number of hydrogen-bond acceptors (Lipinski definition) is 4. The lowest BCUT2D eigenvalue weighted by Crippen LogP contribution is -2.43. The molecule has 0 radical (unpaired) electrons. The number of ketones is 1. The van der Waals surface area contributed by atoms with E-state index in [-0.39, 0.29) is 11.9 Å². The Morgan fingerprint density at radius 2 is 2.09 bits per heavy atom. The fourth-order valence-corrected chi connectivity index (χ4v) is 2.74. The molecule has 0 N–H and O–H groups in total. The number of Topliss-reactive ketones (excluding diaryl/α,β-unsaturated/α-hetero) is 1. The van der Waals surface area contributed by atoms with E-state index in [0.717, 1.165) is 17.7 Å². The van der Waals surface area contributed by atoms with Crippen molar-refractivity contribution in [1.82, 2.24) is 0 Å². The van der Waals surface area contributed by atoms with Crippen LogP contribution in [0.3, 0.4) is 0 Å². The summed E-state index contributed by atoms with van der Waals surface area (Å²) in [6.07, 6.45) is 3.11. The molecule has 1 aliphatic rings. The molecule has 0 aliphatic carbocycles. The zero-order chi connectivity index (χ0) is 16.9. The van der Waals surface area contributed by atoms with Gasteiger partial charge in [-0.1, -0.05) is 32.1 Å². The second kappa shape index (κ2) is 7.75. The van der Waals surface area contributed by atoms with Crippen LogP contribution in [-0.4, -0.2) is 25.6 Å². The smallest absolute Gasteiger partial charge is 0.184 e. The summed E-state index contributed by atoms with van der Waals surface area (Å²) in [6.45, 7) is 8.18. The molecule has 4 heteroatoms. The Morgan fingerprint density at radius 3 is 2.70 bits per heavy atom. The van der Waals surface area contributed by atoms with Crippen LogP contribution in [0.4, 0.5) is 0 Å². The lowest BCUT2D eigenvalue weighted by Gasteiger charge is -2.39. The minimum Gasteiger partial charge on any atom is -0.497 e. The van der Waals surface area contributed by atoms with Crippen LogP contribution < -0.4 is 4.74 Å². The van der Waals surface area contributed by atoms with Gasteiger partial charge in [0.2, 0.25) is 0 Å². The summed E-state index contributed by atoms with van der Waals surface area (Å²) in [5.41, 5.74) is 0.405. The van der Waals surface area contributed by atoms with Crippen LogP contribution >= 0.6 is 0 Å². The van der Waals surface area contributed by atoms with E-state index in [1.165, 1.54) is 0 Å². The lowest BCUT2D eigenvalue weighted by atomic mass is 9.78. The SMILES string of the molecule is C=CCCC(=O)C(C)(C)[C@@H]1CCO[C@H](c2ccc(OC)cc2)O1. The molecule has 0 spiro atoms. The van der Waals surface area contributed by atoms with Crippen LogP contribution in [-0.2, 0) is 14.3 Å². The van der Waals surface area contributed by atoms with Gasteiger partial charge < -0.3 is 14.2 Å². The van der Waals surface area contributed by atoms with E-state index in [9.17, 15) is 4.79 Å². The number of allylic oxidation sites excluding steroid dienone is 1. The topological polar surface area (TPSA) is 44.8 Å². The zero-order valence-corrected chi connectivity index (χ0v) is 14.2. The van der Waals surface area contributed by atoms with Crippen molar-refractivity contribution in [3.63, 3.8) is 0 Å². The van der Waals surface area contributed by atoms with Crippen molar-refractivity contribution in [2.45, 2.75) is 45.5 Å². The molecule has 1 heterocycles. The van der Waals surface area contributed by atoms with Crippen LogP contribution in [0.5, 0.6) is 5.75 Å². The third kappa shape index (κ3) is 4.21. The van der Waals surface area contributed by atoms with Gasteiger partial charge in [-0.05, 0) is 25.0 Å². The number of carbonyl (C=O) groups is 1. The molecule has 0 bridgehead atoms. The molecule has 0 amide bonds. The predicted molar refractivity (Wildman–Crippen MR) is 89.4 cm³/mol. The highest BCUT2D eigenvalue weighted by Crippen LogP contribution is 2.37.